The molecule has 0 saturated carbocycles. The van der Waals surface area contributed by atoms with Crippen molar-refractivity contribution in [2.24, 2.45) is 5.92 Å². The number of carbonyl (C=O) groups excluding carboxylic acids is 1. The first-order valence-electron chi connectivity index (χ1n) is 6.86. The molecule has 0 aromatic carbocycles. The Bertz CT molecular complexity index is 497. The highest BCUT2D eigenvalue weighted by Crippen LogP contribution is 2.06. The molecule has 0 unspecified atom stereocenters. The van der Waals surface area contributed by atoms with Gasteiger partial charge >= 0.3 is 5.97 Å². The average molecular weight is 281 g/mol. The number of anilines is 1. The molecule has 6 nitrogen and oxygen atoms in total. The molecule has 0 amide bonds. The third-order valence-electron chi connectivity index (χ3n) is 2.80. The minimum absolute atomic E-state index is 0.0400. The fourth-order valence-corrected chi connectivity index (χ4v) is 1.94. The zero-order chi connectivity index (χ0) is 15.1. The summed E-state index contributed by atoms with van der Waals surface area (Å²) < 4.78 is 6.30. The number of ether oxygens (including phenoxy) is 1. The summed E-state index contributed by atoms with van der Waals surface area (Å²) in [6, 6.07) is 0. The molecule has 1 rings (SSSR count). The molecule has 1 aromatic rings. The molecule has 0 fully saturated rings. The number of hydrogen-bond donors (Lipinski definition) is 0. The Hall–Kier alpha value is -1.85. The van der Waals surface area contributed by atoms with E-state index in [-0.39, 0.29) is 18.1 Å². The van der Waals surface area contributed by atoms with Crippen LogP contribution in [0.4, 0.5) is 5.82 Å². The lowest BCUT2D eigenvalue weighted by Crippen LogP contribution is -2.38. The second-order valence-corrected chi connectivity index (χ2v) is 5.10. The van der Waals surface area contributed by atoms with E-state index in [1.165, 1.54) is 7.11 Å². The van der Waals surface area contributed by atoms with Crippen LogP contribution in [0.25, 0.3) is 0 Å². The minimum Gasteiger partial charge on any atom is -0.468 e. The van der Waals surface area contributed by atoms with Crippen molar-refractivity contribution in [1.29, 1.82) is 0 Å². The van der Waals surface area contributed by atoms with Gasteiger partial charge in [-0.15, -0.1) is 0 Å². The second kappa shape index (κ2) is 7.67. The molecule has 0 aliphatic carbocycles. The predicted octanol–water partition coefficient (Wildman–Crippen LogP) is 1.29. The maximum atomic E-state index is 12.4. The Labute approximate surface area is 119 Å². The maximum absolute atomic E-state index is 12.4. The fourth-order valence-electron chi connectivity index (χ4n) is 1.94. The van der Waals surface area contributed by atoms with Crippen LogP contribution in [0.5, 0.6) is 0 Å². The van der Waals surface area contributed by atoms with Crippen LogP contribution in [0, 0.1) is 5.92 Å². The Balaban J connectivity index is 3.07. The number of rotatable bonds is 7. The summed E-state index contributed by atoms with van der Waals surface area (Å²) in [5.41, 5.74) is -0.168. The molecule has 0 bridgehead atoms. The van der Waals surface area contributed by atoms with Crippen molar-refractivity contribution in [2.45, 2.75) is 33.7 Å². The molecule has 0 radical (unpaired) electrons. The normalized spacial score (nSPS) is 10.7. The van der Waals surface area contributed by atoms with Gasteiger partial charge in [-0.25, -0.2) is 4.98 Å². The summed E-state index contributed by atoms with van der Waals surface area (Å²) in [5, 5.41) is 0. The first-order chi connectivity index (χ1) is 9.49. The SMILES string of the molecule is CCCN(CC(=O)OC)c1nccn(CC(C)C)c1=O. The van der Waals surface area contributed by atoms with Crippen molar-refractivity contribution in [3.05, 3.63) is 22.7 Å². The minimum atomic E-state index is -0.376. The van der Waals surface area contributed by atoms with Gasteiger partial charge in [0.15, 0.2) is 5.82 Å². The van der Waals surface area contributed by atoms with Crippen molar-refractivity contribution >= 4 is 11.8 Å². The molecule has 0 spiro atoms. The van der Waals surface area contributed by atoms with E-state index in [0.29, 0.717) is 24.8 Å². The van der Waals surface area contributed by atoms with E-state index < -0.39 is 0 Å². The van der Waals surface area contributed by atoms with Gasteiger partial charge in [0.2, 0.25) is 0 Å². The molecule has 1 heterocycles. The van der Waals surface area contributed by atoms with Crippen LogP contribution in [0.1, 0.15) is 27.2 Å². The van der Waals surface area contributed by atoms with Gasteiger partial charge in [0.25, 0.3) is 5.56 Å². The zero-order valence-electron chi connectivity index (χ0n) is 12.6. The highest BCUT2D eigenvalue weighted by atomic mass is 16.5. The monoisotopic (exact) mass is 281 g/mol. The smallest absolute Gasteiger partial charge is 0.325 e. The first-order valence-corrected chi connectivity index (χ1v) is 6.86. The standard InChI is InChI=1S/C14H23N3O3/c1-5-7-16(10-12(18)20-4)13-14(19)17(8-6-15-13)9-11(2)3/h6,8,11H,5,7,9-10H2,1-4H3. The largest absolute Gasteiger partial charge is 0.468 e. The van der Waals surface area contributed by atoms with Crippen molar-refractivity contribution < 1.29 is 9.53 Å². The third-order valence-corrected chi connectivity index (χ3v) is 2.80. The maximum Gasteiger partial charge on any atom is 0.325 e. The Morgan fingerprint density at radius 3 is 2.75 bits per heavy atom. The van der Waals surface area contributed by atoms with Crippen LogP contribution >= 0.6 is 0 Å². The van der Waals surface area contributed by atoms with E-state index in [2.05, 4.69) is 9.72 Å². The molecule has 112 valence electrons. The number of hydrogen-bond acceptors (Lipinski definition) is 5. The van der Waals surface area contributed by atoms with Crippen molar-refractivity contribution in [2.75, 3.05) is 25.1 Å². The number of esters is 1. The Morgan fingerprint density at radius 1 is 1.50 bits per heavy atom. The van der Waals surface area contributed by atoms with Gasteiger partial charge in [-0.3, -0.25) is 9.59 Å². The summed E-state index contributed by atoms with van der Waals surface area (Å²) in [4.78, 5) is 29.6. The average Bonchev–Trinajstić information content (AvgIpc) is 2.40. The Kier molecular flexibility index (Phi) is 6.21. The number of nitrogens with zero attached hydrogens (tertiary/aromatic N) is 3. The molecule has 0 atom stereocenters. The topological polar surface area (TPSA) is 64.4 Å². The van der Waals surface area contributed by atoms with E-state index in [1.807, 2.05) is 20.8 Å². The van der Waals surface area contributed by atoms with E-state index in [4.69, 9.17) is 0 Å². The van der Waals surface area contributed by atoms with Crippen LogP contribution in [0.15, 0.2) is 17.2 Å². The first kappa shape index (κ1) is 16.2. The van der Waals surface area contributed by atoms with E-state index >= 15 is 0 Å². The van der Waals surface area contributed by atoms with Crippen LogP contribution in [-0.4, -0.2) is 35.7 Å². The molecule has 20 heavy (non-hydrogen) atoms. The molecule has 0 aliphatic heterocycles. The molecular formula is C14H23N3O3. The van der Waals surface area contributed by atoms with E-state index in [0.717, 1.165) is 6.42 Å². The molecule has 0 N–H and O–H groups in total. The van der Waals surface area contributed by atoms with Crippen molar-refractivity contribution in [3.8, 4) is 0 Å². The van der Waals surface area contributed by atoms with Crippen LogP contribution in [0.3, 0.4) is 0 Å². The number of aromatic nitrogens is 2. The van der Waals surface area contributed by atoms with Gasteiger partial charge in [-0.1, -0.05) is 20.8 Å². The zero-order valence-corrected chi connectivity index (χ0v) is 12.6. The van der Waals surface area contributed by atoms with Crippen molar-refractivity contribution in [3.63, 3.8) is 0 Å². The fraction of sp³-hybridized carbons (Fsp3) is 0.643. The lowest BCUT2D eigenvalue weighted by molar-refractivity contribution is -0.138. The Morgan fingerprint density at radius 2 is 2.20 bits per heavy atom. The molecule has 6 heteroatoms. The number of methoxy groups -OCH3 is 1. The van der Waals surface area contributed by atoms with Gasteiger partial charge in [-0.05, 0) is 12.3 Å². The van der Waals surface area contributed by atoms with E-state index in [1.54, 1.807) is 21.9 Å². The summed E-state index contributed by atoms with van der Waals surface area (Å²) in [5.74, 6) is 0.294. The second-order valence-electron chi connectivity index (χ2n) is 5.10. The van der Waals surface area contributed by atoms with Gasteiger partial charge in [-0.2, -0.15) is 0 Å². The highest BCUT2D eigenvalue weighted by Gasteiger charge is 2.17. The van der Waals surface area contributed by atoms with Crippen LogP contribution < -0.4 is 10.5 Å². The molecule has 0 aliphatic rings. The van der Waals surface area contributed by atoms with Crippen LogP contribution in [0.2, 0.25) is 0 Å². The quantitative estimate of drug-likeness (QED) is 0.705. The third kappa shape index (κ3) is 4.36. The van der Waals surface area contributed by atoms with Gasteiger partial charge in [0.05, 0.1) is 7.11 Å². The lowest BCUT2D eigenvalue weighted by Gasteiger charge is -2.21. The summed E-state index contributed by atoms with van der Waals surface area (Å²) in [6.45, 7) is 7.34. The predicted molar refractivity (Wildman–Crippen MR) is 77.9 cm³/mol. The van der Waals surface area contributed by atoms with Crippen molar-refractivity contribution in [1.82, 2.24) is 9.55 Å². The molecule has 0 saturated heterocycles. The molecule has 1 aromatic heterocycles. The van der Waals surface area contributed by atoms with Gasteiger partial charge in [0, 0.05) is 25.5 Å². The highest BCUT2D eigenvalue weighted by molar-refractivity contribution is 5.75. The lowest BCUT2D eigenvalue weighted by atomic mass is 10.2. The van der Waals surface area contributed by atoms with Gasteiger partial charge in [0.1, 0.15) is 6.54 Å². The summed E-state index contributed by atoms with van der Waals surface area (Å²) >= 11 is 0. The van der Waals surface area contributed by atoms with E-state index in [9.17, 15) is 9.59 Å². The summed E-state index contributed by atoms with van der Waals surface area (Å²) in [7, 11) is 1.34. The number of carbonyl (C=O) groups is 1. The molecular weight excluding hydrogens is 258 g/mol. The van der Waals surface area contributed by atoms with Crippen LogP contribution in [-0.2, 0) is 16.1 Å². The van der Waals surface area contributed by atoms with Gasteiger partial charge < -0.3 is 14.2 Å². The summed E-state index contributed by atoms with van der Waals surface area (Å²) in [6.07, 6.45) is 4.09.